The van der Waals surface area contributed by atoms with E-state index in [0.717, 1.165) is 25.7 Å². The van der Waals surface area contributed by atoms with Gasteiger partial charge in [0.15, 0.2) is 0 Å². The fourth-order valence-electron chi connectivity index (χ4n) is 18.8. The number of carbonyl (C=O) groups is 7. The zero-order chi connectivity index (χ0) is 66.4. The van der Waals surface area contributed by atoms with E-state index >= 15 is 0 Å². The summed E-state index contributed by atoms with van der Waals surface area (Å²) < 4.78 is 216. The summed E-state index contributed by atoms with van der Waals surface area (Å²) in [5.41, 5.74) is -1.96. The lowest BCUT2D eigenvalue weighted by molar-refractivity contribution is -0.259. The Labute approximate surface area is 505 Å². The number of esters is 4. The Bertz CT molecular complexity index is 2940. The van der Waals surface area contributed by atoms with Crippen LogP contribution in [0.4, 0.5) is 43.9 Å². The first kappa shape index (κ1) is 71.5. The molecule has 29 heteroatoms. The number of rotatable bonds is 16. The molecule has 0 aromatic heterocycles. The van der Waals surface area contributed by atoms with Crippen molar-refractivity contribution in [2.75, 3.05) is 0 Å². The normalized spacial score (nSPS) is 38.1. The van der Waals surface area contributed by atoms with Gasteiger partial charge in [-0.2, -0.15) is 60.7 Å². The van der Waals surface area contributed by atoms with E-state index in [0.29, 0.717) is 63.2 Å². The maximum atomic E-state index is 14.0. The fourth-order valence-corrected chi connectivity index (χ4v) is 19.7. The van der Waals surface area contributed by atoms with Gasteiger partial charge in [-0.05, 0) is 147 Å². The summed E-state index contributed by atoms with van der Waals surface area (Å²) in [7, 11) is -13.1. The third kappa shape index (κ3) is 13.2. The van der Waals surface area contributed by atoms with Gasteiger partial charge in [0.05, 0.1) is 0 Å². The molecule has 0 heterocycles. The number of ether oxygens (including phenoxy) is 4. The molecule has 88 heavy (non-hydrogen) atoms. The van der Waals surface area contributed by atoms with Crippen molar-refractivity contribution in [1.29, 1.82) is 0 Å². The molecule has 502 valence electrons. The second-order valence-electron chi connectivity index (χ2n) is 28.0. The number of hydrogen-bond acceptors (Lipinski definition) is 15. The standard InChI is InChI=1S/C32H47F5O9S.C27H35F5O8S/c1-16-11-12-29(5)20(13-16)14-24(44-18(3)38)27-22-9-8-21(30(22,6)25(15-23(27)29)45-19(4)39)17(2)7-10-26(40)46-28(31(33,34)35)32(36,37)47(41,42)43;1-13(4-7-21(36)40-23(26(28,29)30)27(31,32)41(37,38)39)16-5-6-17-22-18(12-20(35)25(16,17)3)24(2)9-8-15(33)10-14(24)11-19(22)34/h16-17,20-25,27-28H,7-15H2,1-6H3,(H,41,42,43);13-14,16-18,22-23H,4-12H2,1-3H3,(H,37,38,39). The smallest absolute Gasteiger partial charge is 0.432 e. The number of halogens is 10. The second-order valence-corrected chi connectivity index (χ2v) is 31.0. The maximum Gasteiger partial charge on any atom is 0.432 e. The first-order valence-electron chi connectivity index (χ1n) is 30.2. The molecule has 8 rings (SSSR count). The molecule has 0 aromatic rings. The van der Waals surface area contributed by atoms with Crippen molar-refractivity contribution >= 4 is 61.5 Å². The molecule has 17 nitrogen and oxygen atoms in total. The van der Waals surface area contributed by atoms with E-state index in [4.69, 9.17) is 18.6 Å². The number of carbonyl (C=O) groups excluding carboxylic acids is 7. The third-order valence-corrected chi connectivity index (χ3v) is 25.1. The minimum Gasteiger partial charge on any atom is -0.462 e. The first-order valence-corrected chi connectivity index (χ1v) is 33.1. The van der Waals surface area contributed by atoms with Crippen molar-refractivity contribution in [2.45, 2.75) is 225 Å². The number of ketones is 3. The summed E-state index contributed by atoms with van der Waals surface area (Å²) in [5, 5.41) is -11.6. The van der Waals surface area contributed by atoms with Gasteiger partial charge in [0.25, 0.3) is 12.2 Å². The predicted octanol–water partition coefficient (Wildman–Crippen LogP) is 11.7. The van der Waals surface area contributed by atoms with Gasteiger partial charge in [0.2, 0.25) is 0 Å². The van der Waals surface area contributed by atoms with Crippen LogP contribution >= 0.6 is 0 Å². The van der Waals surface area contributed by atoms with Crippen molar-refractivity contribution in [3.05, 3.63) is 0 Å². The Kier molecular flexibility index (Phi) is 20.1. The quantitative estimate of drug-likeness (QED) is 0.0629. The molecule has 21 unspecified atom stereocenters. The van der Waals surface area contributed by atoms with Crippen LogP contribution in [0.3, 0.4) is 0 Å². The molecule has 0 aliphatic heterocycles. The lowest BCUT2D eigenvalue weighted by Gasteiger charge is -2.64. The van der Waals surface area contributed by atoms with Gasteiger partial charge in [0, 0.05) is 75.0 Å². The highest BCUT2D eigenvalue weighted by Gasteiger charge is 2.71. The Hall–Kier alpha value is -3.99. The molecule has 0 radical (unpaired) electrons. The van der Waals surface area contributed by atoms with Gasteiger partial charge in [-0.3, -0.25) is 42.7 Å². The summed E-state index contributed by atoms with van der Waals surface area (Å²) in [4.78, 5) is 88.8. The topological polar surface area (TPSA) is 265 Å². The van der Waals surface area contributed by atoms with Crippen molar-refractivity contribution in [1.82, 2.24) is 0 Å². The van der Waals surface area contributed by atoms with E-state index in [2.05, 4.69) is 30.2 Å². The summed E-state index contributed by atoms with van der Waals surface area (Å²) in [5.74, 6) is -5.48. The number of alkyl halides is 10. The Morgan fingerprint density at radius 2 is 1.09 bits per heavy atom. The molecular formula is C59H82F10O17S2. The van der Waals surface area contributed by atoms with Crippen LogP contribution in [-0.4, -0.2) is 114 Å². The van der Waals surface area contributed by atoms with Crippen LogP contribution in [0, 0.1) is 98.6 Å². The van der Waals surface area contributed by atoms with Crippen LogP contribution in [0.15, 0.2) is 0 Å². The van der Waals surface area contributed by atoms with Gasteiger partial charge < -0.3 is 18.9 Å². The SMILES string of the molecule is CC(=O)OC1CC2CC(C)CCC2(C)C2CC(OC(C)=O)C3(C)C(C(C)CCC(=O)OC(C(F)(F)F)C(F)(F)S(=O)(=O)O)CCC3C12.CC(CCC(=O)OC(C(F)(F)F)C(F)(F)S(=O)(=O)O)C1CCC2C3C(=O)CC4CC(=O)CCC4(C)C3CC(=O)C12C. The minimum atomic E-state index is -6.55. The minimum absolute atomic E-state index is 0.0252. The average molecular weight is 1320 g/mol. The molecule has 21 atom stereocenters. The molecular weight excluding hydrogens is 1230 g/mol. The maximum absolute atomic E-state index is 14.0. The van der Waals surface area contributed by atoms with E-state index in [1.54, 1.807) is 20.8 Å². The van der Waals surface area contributed by atoms with Crippen LogP contribution in [0.25, 0.3) is 0 Å². The highest BCUT2D eigenvalue weighted by atomic mass is 32.2. The molecule has 0 spiro atoms. The lowest BCUT2D eigenvalue weighted by atomic mass is 9.42. The summed E-state index contributed by atoms with van der Waals surface area (Å²) in [6, 6.07) is 0. The van der Waals surface area contributed by atoms with Crippen molar-refractivity contribution in [3.63, 3.8) is 0 Å². The Morgan fingerprint density at radius 1 is 0.602 bits per heavy atom. The van der Waals surface area contributed by atoms with Gasteiger partial charge in [-0.25, -0.2) is 0 Å². The lowest BCUT2D eigenvalue weighted by Crippen LogP contribution is -2.63. The van der Waals surface area contributed by atoms with Crippen LogP contribution in [0.1, 0.15) is 178 Å². The van der Waals surface area contributed by atoms with Gasteiger partial charge in [-0.15, -0.1) is 0 Å². The monoisotopic (exact) mass is 1320 g/mol. The van der Waals surface area contributed by atoms with Crippen molar-refractivity contribution in [2.24, 2.45) is 98.6 Å². The van der Waals surface area contributed by atoms with E-state index < -0.39 is 109 Å². The fraction of sp³-hybridized carbons (Fsp3) is 0.881. The zero-order valence-electron chi connectivity index (χ0n) is 50.7. The molecule has 8 aliphatic carbocycles. The van der Waals surface area contributed by atoms with Gasteiger partial charge in [-0.1, -0.05) is 54.9 Å². The molecule has 0 amide bonds. The zero-order valence-corrected chi connectivity index (χ0v) is 52.3. The number of hydrogen-bond donors (Lipinski definition) is 2. The largest absolute Gasteiger partial charge is 0.462 e. The van der Waals surface area contributed by atoms with E-state index in [9.17, 15) is 94.3 Å². The first-order chi connectivity index (χ1) is 40.1. The number of Topliss-reactive ketones (excluding diaryl/α,β-unsaturated/α-hetero) is 3. The molecule has 8 saturated carbocycles. The second kappa shape index (κ2) is 24.8. The Balaban J connectivity index is 0.000000253. The summed E-state index contributed by atoms with van der Waals surface area (Å²) in [6.45, 7) is 16.6. The molecule has 0 bridgehead atoms. The van der Waals surface area contributed by atoms with E-state index in [1.807, 2.05) is 6.92 Å². The van der Waals surface area contributed by atoms with E-state index in [1.165, 1.54) is 13.8 Å². The molecule has 2 N–H and O–H groups in total. The van der Waals surface area contributed by atoms with Crippen molar-refractivity contribution in [3.8, 4) is 0 Å². The average Bonchev–Trinajstić information content (AvgIpc) is 1.32. The molecule has 0 saturated heterocycles. The summed E-state index contributed by atoms with van der Waals surface area (Å²) in [6.07, 6.45) is -14.7. The third-order valence-electron chi connectivity index (χ3n) is 23.3. The summed E-state index contributed by atoms with van der Waals surface area (Å²) >= 11 is 0. The predicted molar refractivity (Wildman–Crippen MR) is 289 cm³/mol. The van der Waals surface area contributed by atoms with Crippen molar-refractivity contribution < 1.29 is 122 Å². The Morgan fingerprint density at radius 3 is 1.59 bits per heavy atom. The number of fused-ring (bicyclic) bond motifs is 10. The van der Waals surface area contributed by atoms with Crippen LogP contribution in [0.2, 0.25) is 0 Å². The molecule has 8 aliphatic rings. The molecule has 0 aromatic carbocycles. The van der Waals surface area contributed by atoms with Crippen LogP contribution in [0.5, 0.6) is 0 Å². The van der Waals surface area contributed by atoms with Crippen LogP contribution in [-0.2, 0) is 72.7 Å². The van der Waals surface area contributed by atoms with Crippen LogP contribution < -0.4 is 0 Å². The highest BCUT2D eigenvalue weighted by molar-refractivity contribution is 7.87. The molecule has 8 fully saturated rings. The van der Waals surface area contributed by atoms with Gasteiger partial charge >= 0.3 is 67.0 Å². The highest BCUT2D eigenvalue weighted by Crippen LogP contribution is 2.71. The van der Waals surface area contributed by atoms with Gasteiger partial charge in [0.1, 0.15) is 29.6 Å². The van der Waals surface area contributed by atoms with E-state index in [-0.39, 0.29) is 125 Å².